The van der Waals surface area contributed by atoms with Crippen LogP contribution >= 0.6 is 0 Å². The molecule has 1 amide bonds. The van der Waals surface area contributed by atoms with E-state index in [4.69, 9.17) is 4.74 Å². The maximum Gasteiger partial charge on any atom is 0.338 e. The van der Waals surface area contributed by atoms with Crippen molar-refractivity contribution in [2.45, 2.75) is 46.1 Å². The lowest BCUT2D eigenvalue weighted by molar-refractivity contribution is 0.0601. The normalized spacial score (nSPS) is 16.4. The van der Waals surface area contributed by atoms with Crippen molar-refractivity contribution in [1.29, 1.82) is 0 Å². The predicted molar refractivity (Wildman–Crippen MR) is 166 cm³/mol. The van der Waals surface area contributed by atoms with E-state index in [1.54, 1.807) is 18.2 Å². The second-order valence-electron chi connectivity index (χ2n) is 11.2. The summed E-state index contributed by atoms with van der Waals surface area (Å²) in [4.78, 5) is 25.3. The Kier molecular flexibility index (Phi) is 8.67. The number of allylic oxidation sites excluding steroid dienone is 2. The average molecular weight is 562 g/mol. The zero-order valence-corrected chi connectivity index (χ0v) is 24.5. The first kappa shape index (κ1) is 29.0. The zero-order valence-electron chi connectivity index (χ0n) is 24.5. The Balaban J connectivity index is 1.33. The number of carbonyl (C=O) groups excluding carboxylic acids is 2. The van der Waals surface area contributed by atoms with Crippen LogP contribution in [0.2, 0.25) is 0 Å². The Hall–Kier alpha value is -4.51. The molecule has 0 bridgehead atoms. The van der Waals surface area contributed by atoms with Crippen LogP contribution in [0.4, 0.5) is 4.39 Å². The fourth-order valence-corrected chi connectivity index (χ4v) is 5.91. The van der Waals surface area contributed by atoms with Crippen LogP contribution in [0.5, 0.6) is 0 Å². The molecule has 2 atom stereocenters. The molecule has 1 aliphatic rings. The maximum atomic E-state index is 13.2. The summed E-state index contributed by atoms with van der Waals surface area (Å²) < 4.78 is 18.2. The molecule has 0 aliphatic heterocycles. The van der Waals surface area contributed by atoms with Crippen LogP contribution in [0, 0.1) is 11.7 Å². The van der Waals surface area contributed by atoms with Gasteiger partial charge in [0, 0.05) is 12.1 Å². The highest BCUT2D eigenvalue weighted by atomic mass is 19.1. The zero-order chi connectivity index (χ0) is 29.8. The summed E-state index contributed by atoms with van der Waals surface area (Å²) >= 11 is 0. The van der Waals surface area contributed by atoms with Crippen molar-refractivity contribution in [3.05, 3.63) is 136 Å². The first-order valence-electron chi connectivity index (χ1n) is 14.3. The number of ether oxygens (including phenoxy) is 1. The van der Waals surface area contributed by atoms with Gasteiger partial charge < -0.3 is 10.1 Å². The number of hydrogen-bond acceptors (Lipinski definition) is 3. The third-order valence-corrected chi connectivity index (χ3v) is 8.59. The molecule has 0 heterocycles. The van der Waals surface area contributed by atoms with Gasteiger partial charge in [0.15, 0.2) is 0 Å². The summed E-state index contributed by atoms with van der Waals surface area (Å²) in [5, 5.41) is 2.96. The Morgan fingerprint density at radius 3 is 2.29 bits per heavy atom. The van der Waals surface area contributed by atoms with Crippen molar-refractivity contribution in [3.63, 3.8) is 0 Å². The van der Waals surface area contributed by atoms with Gasteiger partial charge >= 0.3 is 5.97 Å². The van der Waals surface area contributed by atoms with Crippen LogP contribution in [-0.2, 0) is 17.7 Å². The van der Waals surface area contributed by atoms with Crippen LogP contribution in [0.25, 0.3) is 16.7 Å². The van der Waals surface area contributed by atoms with Crippen LogP contribution in [0.3, 0.4) is 0 Å². The molecule has 0 spiro atoms. The molecule has 4 nitrogen and oxygen atoms in total. The second-order valence-corrected chi connectivity index (χ2v) is 11.2. The second kappa shape index (κ2) is 12.6. The highest BCUT2D eigenvalue weighted by Crippen LogP contribution is 2.41. The van der Waals surface area contributed by atoms with Gasteiger partial charge in [0.1, 0.15) is 5.82 Å². The van der Waals surface area contributed by atoms with Crippen molar-refractivity contribution >= 4 is 17.4 Å². The van der Waals surface area contributed by atoms with E-state index in [0.717, 1.165) is 35.1 Å². The summed E-state index contributed by atoms with van der Waals surface area (Å²) in [7, 11) is 1.40. The molecule has 2 unspecified atom stereocenters. The van der Waals surface area contributed by atoms with E-state index < -0.39 is 0 Å². The lowest BCUT2D eigenvalue weighted by Gasteiger charge is -2.24. The molecule has 214 valence electrons. The summed E-state index contributed by atoms with van der Waals surface area (Å²) in [6.07, 6.45) is 1.89. The number of methoxy groups -OCH3 is 1. The molecule has 5 rings (SSSR count). The SMILES string of the molecule is COC(=O)c1ccccc1-c1ccc(CC2CC(C)=C(C)c3cc(C(=O)NCc4ccc(F)cc4)ccc3C2C)cc1. The highest BCUT2D eigenvalue weighted by molar-refractivity contribution is 5.97. The molecule has 1 N–H and O–H groups in total. The van der Waals surface area contributed by atoms with E-state index in [-0.39, 0.29) is 17.7 Å². The Morgan fingerprint density at radius 2 is 1.57 bits per heavy atom. The van der Waals surface area contributed by atoms with Gasteiger partial charge in [-0.1, -0.05) is 73.2 Å². The van der Waals surface area contributed by atoms with Gasteiger partial charge in [-0.2, -0.15) is 0 Å². The third-order valence-electron chi connectivity index (χ3n) is 8.59. The standard InChI is InChI=1S/C37H36FNO3/c1-23-19-30(20-26-9-13-28(14-10-26)33-7-5-6-8-34(33)37(41)42-4)25(3)32-18-15-29(21-35(32)24(23)2)36(40)39-22-27-11-16-31(38)17-12-27/h5-18,21,25,30H,19-20,22H2,1-4H3,(H,39,40). The van der Waals surface area contributed by atoms with Crippen molar-refractivity contribution in [2.24, 2.45) is 5.92 Å². The summed E-state index contributed by atoms with van der Waals surface area (Å²) in [5.74, 6) is -0.0861. The first-order chi connectivity index (χ1) is 20.2. The molecular formula is C37H36FNO3. The largest absolute Gasteiger partial charge is 0.465 e. The molecule has 4 aromatic carbocycles. The monoisotopic (exact) mass is 561 g/mol. The number of hydrogen-bond donors (Lipinski definition) is 1. The molecule has 42 heavy (non-hydrogen) atoms. The minimum atomic E-state index is -0.341. The van der Waals surface area contributed by atoms with Gasteiger partial charge in [-0.05, 0) is 108 Å². The van der Waals surface area contributed by atoms with Gasteiger partial charge in [-0.3, -0.25) is 4.79 Å². The van der Waals surface area contributed by atoms with Crippen molar-refractivity contribution in [1.82, 2.24) is 5.32 Å². The van der Waals surface area contributed by atoms with E-state index in [2.05, 4.69) is 56.4 Å². The predicted octanol–water partition coefficient (Wildman–Crippen LogP) is 8.37. The Morgan fingerprint density at radius 1 is 0.881 bits per heavy atom. The highest BCUT2D eigenvalue weighted by Gasteiger charge is 2.27. The minimum absolute atomic E-state index is 0.144. The van der Waals surface area contributed by atoms with Crippen LogP contribution in [-0.4, -0.2) is 19.0 Å². The van der Waals surface area contributed by atoms with Crippen LogP contribution in [0.15, 0.2) is 96.6 Å². The smallest absolute Gasteiger partial charge is 0.338 e. The van der Waals surface area contributed by atoms with Crippen molar-refractivity contribution < 1.29 is 18.7 Å². The fourth-order valence-electron chi connectivity index (χ4n) is 5.91. The number of rotatable bonds is 7. The lowest BCUT2D eigenvalue weighted by atomic mass is 9.80. The van der Waals surface area contributed by atoms with E-state index in [9.17, 15) is 14.0 Å². The molecular weight excluding hydrogens is 525 g/mol. The van der Waals surface area contributed by atoms with Gasteiger partial charge in [0.05, 0.1) is 12.7 Å². The van der Waals surface area contributed by atoms with Crippen LogP contribution < -0.4 is 5.32 Å². The van der Waals surface area contributed by atoms with Gasteiger partial charge in [-0.15, -0.1) is 0 Å². The molecule has 0 saturated heterocycles. The number of nitrogens with one attached hydrogen (secondary N) is 1. The maximum absolute atomic E-state index is 13.2. The van der Waals surface area contributed by atoms with E-state index in [1.165, 1.54) is 41.5 Å². The van der Waals surface area contributed by atoms with Gasteiger partial charge in [0.2, 0.25) is 0 Å². The molecule has 1 aliphatic carbocycles. The minimum Gasteiger partial charge on any atom is -0.465 e. The Labute approximate surface area is 247 Å². The Bertz CT molecular complexity index is 1640. The number of fused-ring (bicyclic) bond motifs is 1. The van der Waals surface area contributed by atoms with E-state index >= 15 is 0 Å². The molecule has 4 aromatic rings. The van der Waals surface area contributed by atoms with Crippen molar-refractivity contribution in [2.75, 3.05) is 7.11 Å². The molecule has 0 fully saturated rings. The lowest BCUT2D eigenvalue weighted by Crippen LogP contribution is -2.23. The molecule has 5 heteroatoms. The summed E-state index contributed by atoms with van der Waals surface area (Å²) in [6, 6.07) is 28.2. The van der Waals surface area contributed by atoms with Gasteiger partial charge in [-0.25, -0.2) is 9.18 Å². The van der Waals surface area contributed by atoms with Gasteiger partial charge in [0.25, 0.3) is 5.91 Å². The molecule has 0 aromatic heterocycles. The number of benzene rings is 4. The number of halogens is 1. The third kappa shape index (κ3) is 6.20. The fraction of sp³-hybridized carbons (Fsp3) is 0.243. The molecule has 0 radical (unpaired) electrons. The first-order valence-corrected chi connectivity index (χ1v) is 14.3. The van der Waals surface area contributed by atoms with E-state index in [0.29, 0.717) is 29.5 Å². The molecule has 0 saturated carbocycles. The number of amides is 1. The number of carbonyl (C=O) groups is 2. The van der Waals surface area contributed by atoms with Crippen molar-refractivity contribution in [3.8, 4) is 11.1 Å². The summed E-state index contributed by atoms with van der Waals surface area (Å²) in [5.41, 5.74) is 10.1. The quantitative estimate of drug-likeness (QED) is 0.231. The number of esters is 1. The average Bonchev–Trinajstić information content (AvgIpc) is 3.10. The van der Waals surface area contributed by atoms with E-state index in [1.807, 2.05) is 30.3 Å². The topological polar surface area (TPSA) is 55.4 Å². The summed E-state index contributed by atoms with van der Waals surface area (Å²) in [6.45, 7) is 6.97. The van der Waals surface area contributed by atoms with Crippen LogP contribution in [0.1, 0.15) is 76.1 Å².